The summed E-state index contributed by atoms with van der Waals surface area (Å²) in [5.74, 6) is 0. The number of rotatable bonds is 4. The van der Waals surface area contributed by atoms with Crippen LogP contribution in [0.3, 0.4) is 0 Å². The molecule has 2 aromatic heterocycles. The highest BCUT2D eigenvalue weighted by Crippen LogP contribution is 2.31. The number of hydrogen-bond acceptors (Lipinski definition) is 3. The maximum absolute atomic E-state index is 5.97. The quantitative estimate of drug-likeness (QED) is 0.735. The molecule has 0 aliphatic carbocycles. The van der Waals surface area contributed by atoms with E-state index in [9.17, 15) is 0 Å². The second-order valence-corrected chi connectivity index (χ2v) is 8.28. The van der Waals surface area contributed by atoms with E-state index in [0.717, 1.165) is 21.9 Å². The summed E-state index contributed by atoms with van der Waals surface area (Å²) in [5.41, 5.74) is 0. The Labute approximate surface area is 124 Å². The molecule has 1 N–H and O–H groups in total. The van der Waals surface area contributed by atoms with Crippen LogP contribution in [0.4, 0.5) is 0 Å². The lowest BCUT2D eigenvalue weighted by Gasteiger charge is -1.99. The Kier molecular flexibility index (Phi) is 4.88. The Balaban J connectivity index is 1.84. The fourth-order valence-corrected chi connectivity index (χ4v) is 4.45. The van der Waals surface area contributed by atoms with Crippen molar-refractivity contribution in [1.82, 2.24) is 5.32 Å². The molecule has 0 bridgehead atoms. The van der Waals surface area contributed by atoms with Crippen molar-refractivity contribution in [1.29, 1.82) is 0 Å². The molecule has 0 fully saturated rings. The Morgan fingerprint density at radius 2 is 1.88 bits per heavy atom. The van der Waals surface area contributed by atoms with E-state index in [-0.39, 0.29) is 0 Å². The molecule has 0 radical (unpaired) electrons. The summed E-state index contributed by atoms with van der Waals surface area (Å²) < 4.78 is 2.97. The first-order chi connectivity index (χ1) is 7.65. The Morgan fingerprint density at radius 1 is 1.12 bits per heavy atom. The van der Waals surface area contributed by atoms with Crippen LogP contribution in [-0.2, 0) is 13.1 Å². The predicted molar refractivity (Wildman–Crippen MR) is 79.6 cm³/mol. The lowest BCUT2D eigenvalue weighted by Crippen LogP contribution is -2.10. The van der Waals surface area contributed by atoms with Gasteiger partial charge in [-0.15, -0.1) is 22.7 Å². The van der Waals surface area contributed by atoms with Gasteiger partial charge in [0.15, 0.2) is 0 Å². The first-order valence-electron chi connectivity index (χ1n) is 4.54. The van der Waals surface area contributed by atoms with E-state index in [2.05, 4.69) is 55.4 Å². The molecule has 16 heavy (non-hydrogen) atoms. The normalized spacial score (nSPS) is 10.9. The zero-order chi connectivity index (χ0) is 11.5. The van der Waals surface area contributed by atoms with Crippen molar-refractivity contribution in [3.63, 3.8) is 0 Å². The fourth-order valence-electron chi connectivity index (χ4n) is 1.23. The number of thiophene rings is 2. The minimum absolute atomic E-state index is 0.815. The summed E-state index contributed by atoms with van der Waals surface area (Å²) in [4.78, 5) is 2.57. The second-order valence-electron chi connectivity index (χ2n) is 3.14. The third-order valence-corrected chi connectivity index (χ3v) is 6.02. The van der Waals surface area contributed by atoms with Gasteiger partial charge in [0.05, 0.1) is 3.79 Å². The zero-order valence-corrected chi connectivity index (χ0v) is 13.7. The molecular formula is C10H8Br2ClNS2. The molecular weight excluding hydrogens is 394 g/mol. The van der Waals surface area contributed by atoms with Gasteiger partial charge in [0.25, 0.3) is 0 Å². The van der Waals surface area contributed by atoms with Gasteiger partial charge in [0.1, 0.15) is 4.34 Å². The van der Waals surface area contributed by atoms with E-state index in [0.29, 0.717) is 0 Å². The van der Waals surface area contributed by atoms with Gasteiger partial charge in [-0.2, -0.15) is 0 Å². The van der Waals surface area contributed by atoms with Gasteiger partial charge in [0, 0.05) is 27.3 Å². The van der Waals surface area contributed by atoms with E-state index in [4.69, 9.17) is 11.6 Å². The molecule has 86 valence electrons. The van der Waals surface area contributed by atoms with Crippen molar-refractivity contribution < 1.29 is 0 Å². The van der Waals surface area contributed by atoms with Gasteiger partial charge in [-0.05, 0) is 50.1 Å². The van der Waals surface area contributed by atoms with E-state index in [1.807, 2.05) is 0 Å². The Bertz CT molecular complexity index is 461. The van der Waals surface area contributed by atoms with Crippen molar-refractivity contribution in [3.8, 4) is 0 Å². The summed E-state index contributed by atoms with van der Waals surface area (Å²) in [6, 6.07) is 6.25. The highest BCUT2D eigenvalue weighted by molar-refractivity contribution is 9.11. The largest absolute Gasteiger partial charge is 0.307 e. The maximum atomic E-state index is 5.97. The molecule has 6 heteroatoms. The van der Waals surface area contributed by atoms with Crippen LogP contribution in [0.5, 0.6) is 0 Å². The van der Waals surface area contributed by atoms with Crippen molar-refractivity contribution in [2.24, 2.45) is 0 Å². The lowest BCUT2D eigenvalue weighted by molar-refractivity contribution is 0.709. The van der Waals surface area contributed by atoms with Gasteiger partial charge in [0.2, 0.25) is 0 Å². The summed E-state index contributed by atoms with van der Waals surface area (Å²) in [6.07, 6.45) is 0. The molecule has 0 unspecified atom stereocenters. The highest BCUT2D eigenvalue weighted by atomic mass is 79.9. The molecule has 0 saturated heterocycles. The predicted octanol–water partition coefficient (Wildman–Crippen LogP) is 5.28. The van der Waals surface area contributed by atoms with Gasteiger partial charge in [-0.3, -0.25) is 0 Å². The molecule has 0 atom stereocenters. The van der Waals surface area contributed by atoms with Gasteiger partial charge >= 0.3 is 0 Å². The molecule has 0 aliphatic heterocycles. The maximum Gasteiger partial charge on any atom is 0.107 e. The van der Waals surface area contributed by atoms with E-state index in [1.165, 1.54) is 13.5 Å². The number of halogens is 3. The first-order valence-corrected chi connectivity index (χ1v) is 8.13. The average molecular weight is 402 g/mol. The van der Waals surface area contributed by atoms with Gasteiger partial charge < -0.3 is 5.32 Å². The SMILES string of the molecule is Clc1sc(CNCc2ccc(Br)s2)cc1Br. The molecule has 2 heterocycles. The topological polar surface area (TPSA) is 12.0 Å². The monoisotopic (exact) mass is 399 g/mol. The summed E-state index contributed by atoms with van der Waals surface area (Å²) in [6.45, 7) is 1.74. The smallest absolute Gasteiger partial charge is 0.107 e. The van der Waals surface area contributed by atoms with Crippen LogP contribution in [0.1, 0.15) is 9.75 Å². The van der Waals surface area contributed by atoms with Gasteiger partial charge in [-0.1, -0.05) is 11.6 Å². The van der Waals surface area contributed by atoms with Crippen molar-refractivity contribution in [3.05, 3.63) is 40.5 Å². The molecule has 0 saturated carbocycles. The van der Waals surface area contributed by atoms with Crippen LogP contribution in [-0.4, -0.2) is 0 Å². The summed E-state index contributed by atoms with van der Waals surface area (Å²) in [7, 11) is 0. The van der Waals surface area contributed by atoms with Crippen LogP contribution in [0, 0.1) is 0 Å². The van der Waals surface area contributed by atoms with Crippen LogP contribution < -0.4 is 5.32 Å². The van der Waals surface area contributed by atoms with E-state index >= 15 is 0 Å². The molecule has 2 aromatic rings. The third kappa shape index (κ3) is 3.55. The van der Waals surface area contributed by atoms with Crippen LogP contribution >= 0.6 is 66.1 Å². The summed E-state index contributed by atoms with van der Waals surface area (Å²) >= 11 is 16.2. The first kappa shape index (κ1) is 13.1. The molecule has 1 nitrogen and oxygen atoms in total. The number of nitrogens with one attached hydrogen (secondary N) is 1. The summed E-state index contributed by atoms with van der Waals surface area (Å²) in [5, 5.41) is 3.39. The van der Waals surface area contributed by atoms with Gasteiger partial charge in [-0.25, -0.2) is 0 Å². The third-order valence-electron chi connectivity index (χ3n) is 1.92. The highest BCUT2D eigenvalue weighted by Gasteiger charge is 2.04. The van der Waals surface area contributed by atoms with E-state index in [1.54, 1.807) is 22.7 Å². The minimum atomic E-state index is 0.815. The van der Waals surface area contributed by atoms with Crippen molar-refractivity contribution in [2.75, 3.05) is 0 Å². The van der Waals surface area contributed by atoms with Crippen molar-refractivity contribution >= 4 is 66.1 Å². The molecule has 2 rings (SSSR count). The minimum Gasteiger partial charge on any atom is -0.307 e. The van der Waals surface area contributed by atoms with Crippen LogP contribution in [0.15, 0.2) is 26.5 Å². The van der Waals surface area contributed by atoms with E-state index < -0.39 is 0 Å². The molecule has 0 aliphatic rings. The molecule has 0 aromatic carbocycles. The zero-order valence-electron chi connectivity index (χ0n) is 8.10. The molecule has 0 spiro atoms. The molecule has 0 amide bonds. The standard InChI is InChI=1S/C10H8Br2ClNS2/c11-8-3-7(16-10(8)13)5-14-4-6-1-2-9(12)15-6/h1-3,14H,4-5H2. The lowest BCUT2D eigenvalue weighted by atomic mass is 10.4. The van der Waals surface area contributed by atoms with Crippen LogP contribution in [0.2, 0.25) is 4.34 Å². The second kappa shape index (κ2) is 5.98. The van der Waals surface area contributed by atoms with Crippen LogP contribution in [0.25, 0.3) is 0 Å². The average Bonchev–Trinajstić information content (AvgIpc) is 2.75. The van der Waals surface area contributed by atoms with Crippen molar-refractivity contribution in [2.45, 2.75) is 13.1 Å². The fraction of sp³-hybridized carbons (Fsp3) is 0.200. The Hall–Kier alpha value is 0.610. The number of hydrogen-bond donors (Lipinski definition) is 1. The Morgan fingerprint density at radius 3 is 2.44 bits per heavy atom.